The molecule has 0 spiro atoms. The van der Waals surface area contributed by atoms with E-state index in [0.29, 0.717) is 12.1 Å². The maximum absolute atomic E-state index is 15.4. The number of nitrogens with zero attached hydrogens (tertiary/aromatic N) is 1. The SMILES string of the molecule is C#Cc1ccc(F)c(C(C(=O)NC2CCOC2)N(C(=O)C(=C)C(F)(F)F)c2cc(F)c(OC)cc2F)c1F. The van der Waals surface area contributed by atoms with E-state index < -0.39 is 81.5 Å². The van der Waals surface area contributed by atoms with Crippen LogP contribution in [0.2, 0.25) is 0 Å². The van der Waals surface area contributed by atoms with Crippen LogP contribution in [0.3, 0.4) is 0 Å². The molecule has 13 heteroatoms. The van der Waals surface area contributed by atoms with Crippen LogP contribution < -0.4 is 15.0 Å². The molecule has 1 fully saturated rings. The highest BCUT2D eigenvalue weighted by atomic mass is 19.4. The minimum absolute atomic E-state index is 0.0669. The molecule has 1 aliphatic heterocycles. The summed E-state index contributed by atoms with van der Waals surface area (Å²) in [5.74, 6) is -8.44. The van der Waals surface area contributed by atoms with E-state index in [1.807, 2.05) is 5.92 Å². The standard InChI is InChI=1S/C25H19F7N2O4/c1-4-13-5-6-15(26)20(21(13)29)22(23(35)33-14-7-8-38-11-14)34(24(36)12(2)25(30,31)32)18-9-17(28)19(37-3)10-16(18)27/h1,5-6,9-10,14,22H,2,7-8,11H2,3H3,(H,33,35). The number of carbonyl (C=O) groups excluding carboxylic acids is 2. The van der Waals surface area contributed by atoms with E-state index in [1.54, 1.807) is 0 Å². The maximum atomic E-state index is 15.4. The van der Waals surface area contributed by atoms with E-state index in [2.05, 4.69) is 16.6 Å². The molecule has 2 aromatic carbocycles. The van der Waals surface area contributed by atoms with Gasteiger partial charge in [0.2, 0.25) is 5.91 Å². The average molecular weight is 544 g/mol. The second-order valence-electron chi connectivity index (χ2n) is 8.03. The third kappa shape index (κ3) is 5.60. The highest BCUT2D eigenvalue weighted by molar-refractivity contribution is 6.10. The van der Waals surface area contributed by atoms with Crippen LogP contribution in [0, 0.1) is 35.6 Å². The van der Waals surface area contributed by atoms with E-state index in [0.717, 1.165) is 13.2 Å². The molecule has 0 saturated carbocycles. The zero-order chi connectivity index (χ0) is 28.4. The van der Waals surface area contributed by atoms with E-state index in [-0.39, 0.29) is 30.6 Å². The van der Waals surface area contributed by atoms with Crippen LogP contribution in [-0.4, -0.2) is 44.4 Å². The monoisotopic (exact) mass is 544 g/mol. The Balaban J connectivity index is 2.35. The van der Waals surface area contributed by atoms with Gasteiger partial charge in [0.1, 0.15) is 23.2 Å². The molecule has 38 heavy (non-hydrogen) atoms. The van der Waals surface area contributed by atoms with Crippen molar-refractivity contribution in [3.63, 3.8) is 0 Å². The van der Waals surface area contributed by atoms with Gasteiger partial charge in [0, 0.05) is 18.7 Å². The quantitative estimate of drug-likeness (QED) is 0.320. The van der Waals surface area contributed by atoms with Crippen molar-refractivity contribution in [1.82, 2.24) is 5.32 Å². The fraction of sp³-hybridized carbons (Fsp3) is 0.280. The smallest absolute Gasteiger partial charge is 0.421 e. The number of halogens is 7. The molecular weight excluding hydrogens is 525 g/mol. The van der Waals surface area contributed by atoms with Crippen LogP contribution in [0.25, 0.3) is 0 Å². The molecule has 1 saturated heterocycles. The number of rotatable bonds is 7. The number of anilines is 1. The predicted molar refractivity (Wildman–Crippen MR) is 120 cm³/mol. The summed E-state index contributed by atoms with van der Waals surface area (Å²) in [4.78, 5) is 26.3. The second-order valence-corrected chi connectivity index (χ2v) is 8.03. The van der Waals surface area contributed by atoms with Gasteiger partial charge in [-0.1, -0.05) is 12.5 Å². The second kappa shape index (κ2) is 11.1. The Morgan fingerprint density at radius 2 is 1.87 bits per heavy atom. The lowest BCUT2D eigenvalue weighted by atomic mass is 9.97. The van der Waals surface area contributed by atoms with Gasteiger partial charge in [-0.25, -0.2) is 17.6 Å². The van der Waals surface area contributed by atoms with Gasteiger partial charge in [0.15, 0.2) is 17.4 Å². The number of terminal acetylenes is 1. The fourth-order valence-corrected chi connectivity index (χ4v) is 3.73. The molecule has 2 atom stereocenters. The van der Waals surface area contributed by atoms with E-state index in [9.17, 15) is 27.2 Å². The molecule has 1 aliphatic rings. The number of ether oxygens (including phenoxy) is 2. The number of nitrogens with one attached hydrogen (secondary N) is 1. The van der Waals surface area contributed by atoms with Crippen molar-refractivity contribution in [3.05, 3.63) is 70.8 Å². The predicted octanol–water partition coefficient (Wildman–Crippen LogP) is 4.33. The molecule has 1 N–H and O–H groups in total. The number of methoxy groups -OCH3 is 1. The number of hydrogen-bond acceptors (Lipinski definition) is 4. The van der Waals surface area contributed by atoms with Crippen molar-refractivity contribution in [3.8, 4) is 18.1 Å². The molecule has 0 radical (unpaired) electrons. The highest BCUT2D eigenvalue weighted by Crippen LogP contribution is 2.39. The Morgan fingerprint density at radius 1 is 1.18 bits per heavy atom. The molecule has 0 aliphatic carbocycles. The Labute approximate surface area is 212 Å². The Kier molecular flexibility index (Phi) is 8.36. The van der Waals surface area contributed by atoms with Gasteiger partial charge in [0.05, 0.1) is 36.6 Å². The third-order valence-electron chi connectivity index (χ3n) is 5.64. The van der Waals surface area contributed by atoms with Crippen molar-refractivity contribution in [1.29, 1.82) is 0 Å². The van der Waals surface area contributed by atoms with Crippen molar-refractivity contribution in [2.24, 2.45) is 0 Å². The Bertz CT molecular complexity index is 1310. The van der Waals surface area contributed by atoms with Gasteiger partial charge in [0.25, 0.3) is 5.91 Å². The number of benzene rings is 2. The fourth-order valence-electron chi connectivity index (χ4n) is 3.73. The van der Waals surface area contributed by atoms with Crippen LogP contribution in [-0.2, 0) is 14.3 Å². The summed E-state index contributed by atoms with van der Waals surface area (Å²) in [6.07, 6.45) is -0.00110. The van der Waals surface area contributed by atoms with Gasteiger partial charge in [-0.05, 0) is 18.6 Å². The molecule has 0 bridgehead atoms. The molecule has 2 amide bonds. The van der Waals surface area contributed by atoms with E-state index in [4.69, 9.17) is 11.2 Å². The van der Waals surface area contributed by atoms with Crippen molar-refractivity contribution in [2.75, 3.05) is 25.2 Å². The Morgan fingerprint density at radius 3 is 2.42 bits per heavy atom. The highest BCUT2D eigenvalue weighted by Gasteiger charge is 2.46. The minimum atomic E-state index is -5.42. The zero-order valence-electron chi connectivity index (χ0n) is 19.6. The molecular formula is C25H19F7N2O4. The van der Waals surface area contributed by atoms with Gasteiger partial charge in [-0.15, -0.1) is 6.42 Å². The van der Waals surface area contributed by atoms with Crippen LogP contribution in [0.5, 0.6) is 5.75 Å². The first-order valence-corrected chi connectivity index (χ1v) is 10.8. The Hall–Kier alpha value is -4.05. The van der Waals surface area contributed by atoms with Crippen molar-refractivity contribution >= 4 is 17.5 Å². The van der Waals surface area contributed by atoms with Crippen LogP contribution >= 0.6 is 0 Å². The van der Waals surface area contributed by atoms with Crippen molar-refractivity contribution < 1.29 is 49.8 Å². The normalized spacial score (nSPS) is 15.9. The third-order valence-corrected chi connectivity index (χ3v) is 5.64. The zero-order valence-corrected chi connectivity index (χ0v) is 19.6. The summed E-state index contributed by atoms with van der Waals surface area (Å²) < 4.78 is 110. The first-order chi connectivity index (χ1) is 17.8. The average Bonchev–Trinajstić information content (AvgIpc) is 3.36. The molecule has 1 heterocycles. The molecule has 2 aromatic rings. The maximum Gasteiger partial charge on any atom is 0.421 e. The topological polar surface area (TPSA) is 67.9 Å². The number of amides is 2. The van der Waals surface area contributed by atoms with E-state index >= 15 is 13.2 Å². The molecule has 202 valence electrons. The largest absolute Gasteiger partial charge is 0.494 e. The molecule has 6 nitrogen and oxygen atoms in total. The first kappa shape index (κ1) is 28.5. The lowest BCUT2D eigenvalue weighted by molar-refractivity contribution is -0.132. The van der Waals surface area contributed by atoms with Gasteiger partial charge in [-0.3, -0.25) is 14.5 Å². The lowest BCUT2D eigenvalue weighted by Gasteiger charge is -2.33. The van der Waals surface area contributed by atoms with E-state index in [1.165, 1.54) is 0 Å². The molecule has 2 unspecified atom stereocenters. The summed E-state index contributed by atoms with van der Waals surface area (Å²) in [6, 6.07) is -1.37. The van der Waals surface area contributed by atoms with Crippen LogP contribution in [0.15, 0.2) is 36.4 Å². The van der Waals surface area contributed by atoms with Crippen LogP contribution in [0.1, 0.15) is 23.6 Å². The summed E-state index contributed by atoms with van der Waals surface area (Å²) in [6.45, 7) is 2.76. The summed E-state index contributed by atoms with van der Waals surface area (Å²) in [7, 11) is 0.960. The van der Waals surface area contributed by atoms with Crippen LogP contribution in [0.4, 0.5) is 36.4 Å². The van der Waals surface area contributed by atoms with Crippen molar-refractivity contribution in [2.45, 2.75) is 24.7 Å². The van der Waals surface area contributed by atoms with Gasteiger partial charge < -0.3 is 14.8 Å². The van der Waals surface area contributed by atoms with Gasteiger partial charge in [-0.2, -0.15) is 13.2 Å². The van der Waals surface area contributed by atoms with Gasteiger partial charge >= 0.3 is 6.18 Å². The first-order valence-electron chi connectivity index (χ1n) is 10.8. The minimum Gasteiger partial charge on any atom is -0.494 e. The summed E-state index contributed by atoms with van der Waals surface area (Å²) in [5.41, 5.74) is -5.29. The summed E-state index contributed by atoms with van der Waals surface area (Å²) >= 11 is 0. The number of alkyl halides is 3. The molecule has 0 aromatic heterocycles. The lowest BCUT2D eigenvalue weighted by Crippen LogP contribution is -2.49. The number of hydrogen-bond donors (Lipinski definition) is 1. The number of carbonyl (C=O) groups is 2. The molecule has 3 rings (SSSR count). The summed E-state index contributed by atoms with van der Waals surface area (Å²) in [5, 5.41) is 2.31.